The van der Waals surface area contributed by atoms with Crippen molar-refractivity contribution in [3.05, 3.63) is 41.7 Å². The summed E-state index contributed by atoms with van der Waals surface area (Å²) in [5, 5.41) is 3.10. The molecular weight excluding hydrogens is 262 g/mol. The molecule has 0 aliphatic carbocycles. The Morgan fingerprint density at radius 3 is 2.33 bits per heavy atom. The quantitative estimate of drug-likeness (QED) is 0.827. The third kappa shape index (κ3) is 3.94. The molecule has 0 amide bonds. The molecule has 4 heteroatoms. The van der Waals surface area contributed by atoms with Gasteiger partial charge in [0, 0.05) is 7.05 Å². The van der Waals surface area contributed by atoms with Crippen molar-refractivity contribution in [3.8, 4) is 11.6 Å². The zero-order valence-corrected chi connectivity index (χ0v) is 13.0. The number of rotatable bonds is 7. The van der Waals surface area contributed by atoms with Crippen LogP contribution in [0.15, 0.2) is 30.6 Å². The Morgan fingerprint density at radius 1 is 1.00 bits per heavy atom. The van der Waals surface area contributed by atoms with E-state index in [2.05, 4.69) is 41.3 Å². The molecule has 0 fully saturated rings. The highest BCUT2D eigenvalue weighted by Crippen LogP contribution is 2.28. The van der Waals surface area contributed by atoms with Gasteiger partial charge in [-0.1, -0.05) is 38.8 Å². The highest BCUT2D eigenvalue weighted by Gasteiger charge is 2.11. The van der Waals surface area contributed by atoms with Crippen LogP contribution in [0.4, 0.5) is 5.82 Å². The van der Waals surface area contributed by atoms with Crippen molar-refractivity contribution in [3.63, 3.8) is 0 Å². The van der Waals surface area contributed by atoms with Crippen molar-refractivity contribution < 1.29 is 4.74 Å². The van der Waals surface area contributed by atoms with Gasteiger partial charge < -0.3 is 10.1 Å². The molecule has 21 heavy (non-hydrogen) atoms. The van der Waals surface area contributed by atoms with E-state index in [1.54, 1.807) is 0 Å². The highest BCUT2D eigenvalue weighted by atomic mass is 16.5. The van der Waals surface area contributed by atoms with Crippen LogP contribution >= 0.6 is 0 Å². The Morgan fingerprint density at radius 2 is 1.71 bits per heavy atom. The van der Waals surface area contributed by atoms with Gasteiger partial charge in [-0.15, -0.1) is 0 Å². The lowest BCUT2D eigenvalue weighted by molar-refractivity contribution is 0.454. The van der Waals surface area contributed by atoms with Gasteiger partial charge in [0.25, 0.3) is 0 Å². The van der Waals surface area contributed by atoms with Gasteiger partial charge in [-0.05, 0) is 30.5 Å². The summed E-state index contributed by atoms with van der Waals surface area (Å²) in [6, 6.07) is 8.22. The van der Waals surface area contributed by atoms with Crippen molar-refractivity contribution in [2.24, 2.45) is 0 Å². The third-order valence-electron chi connectivity index (χ3n) is 3.32. The summed E-state index contributed by atoms with van der Waals surface area (Å²) in [5.74, 6) is 2.29. The highest BCUT2D eigenvalue weighted by molar-refractivity contribution is 5.49. The minimum Gasteiger partial charge on any atom is -0.439 e. The molecule has 0 atom stereocenters. The van der Waals surface area contributed by atoms with Crippen molar-refractivity contribution in [1.82, 2.24) is 9.97 Å². The fourth-order valence-corrected chi connectivity index (χ4v) is 2.30. The Kier molecular flexibility index (Phi) is 5.55. The smallest absolute Gasteiger partial charge is 0.227 e. The van der Waals surface area contributed by atoms with Crippen LogP contribution in [0.3, 0.4) is 0 Å². The van der Waals surface area contributed by atoms with E-state index in [1.165, 1.54) is 11.9 Å². The molecule has 1 aromatic heterocycles. The second-order valence-electron chi connectivity index (χ2n) is 5.00. The summed E-state index contributed by atoms with van der Waals surface area (Å²) in [5.41, 5.74) is 2.36. The zero-order chi connectivity index (χ0) is 15.1. The Hall–Kier alpha value is -2.10. The Balaban J connectivity index is 2.22. The SMILES string of the molecule is CCCc1ccc(Oc2ncnc(NC)c2CCC)cc1. The molecule has 112 valence electrons. The second-order valence-corrected chi connectivity index (χ2v) is 5.00. The lowest BCUT2D eigenvalue weighted by Crippen LogP contribution is -2.03. The lowest BCUT2D eigenvalue weighted by atomic mass is 10.1. The van der Waals surface area contributed by atoms with E-state index in [1.807, 2.05) is 19.2 Å². The first-order chi connectivity index (χ1) is 10.3. The van der Waals surface area contributed by atoms with Gasteiger partial charge in [-0.2, -0.15) is 0 Å². The number of hydrogen-bond acceptors (Lipinski definition) is 4. The van der Waals surface area contributed by atoms with Crippen LogP contribution in [0.5, 0.6) is 11.6 Å². The minimum atomic E-state index is 0.638. The fraction of sp³-hybridized carbons (Fsp3) is 0.412. The number of hydrogen-bond donors (Lipinski definition) is 1. The van der Waals surface area contributed by atoms with E-state index in [-0.39, 0.29) is 0 Å². The predicted molar refractivity (Wildman–Crippen MR) is 86.1 cm³/mol. The van der Waals surface area contributed by atoms with Crippen LogP contribution in [0.25, 0.3) is 0 Å². The summed E-state index contributed by atoms with van der Waals surface area (Å²) in [4.78, 5) is 8.54. The fourth-order valence-electron chi connectivity index (χ4n) is 2.30. The maximum absolute atomic E-state index is 5.95. The van der Waals surface area contributed by atoms with Gasteiger partial charge >= 0.3 is 0 Å². The van der Waals surface area contributed by atoms with Gasteiger partial charge in [-0.3, -0.25) is 0 Å². The van der Waals surface area contributed by atoms with Crippen LogP contribution in [0.1, 0.15) is 37.8 Å². The topological polar surface area (TPSA) is 47.0 Å². The monoisotopic (exact) mass is 285 g/mol. The van der Waals surface area contributed by atoms with Crippen molar-refractivity contribution >= 4 is 5.82 Å². The molecule has 0 aliphatic heterocycles. The molecule has 1 heterocycles. The number of nitrogens with zero attached hydrogens (tertiary/aromatic N) is 2. The average Bonchev–Trinajstić information content (AvgIpc) is 2.51. The van der Waals surface area contributed by atoms with Gasteiger partial charge in [0.1, 0.15) is 17.9 Å². The van der Waals surface area contributed by atoms with Gasteiger partial charge in [0.2, 0.25) is 5.88 Å². The maximum atomic E-state index is 5.95. The molecule has 1 N–H and O–H groups in total. The Labute approximate surface area is 126 Å². The number of nitrogens with one attached hydrogen (secondary N) is 1. The van der Waals surface area contributed by atoms with Crippen LogP contribution in [0.2, 0.25) is 0 Å². The lowest BCUT2D eigenvalue weighted by Gasteiger charge is -2.12. The maximum Gasteiger partial charge on any atom is 0.227 e. The summed E-state index contributed by atoms with van der Waals surface area (Å²) in [7, 11) is 1.87. The van der Waals surface area contributed by atoms with E-state index in [0.29, 0.717) is 5.88 Å². The Bertz CT molecular complexity index is 567. The van der Waals surface area contributed by atoms with E-state index in [4.69, 9.17) is 4.74 Å². The van der Waals surface area contributed by atoms with Crippen LogP contribution in [0, 0.1) is 0 Å². The first-order valence-corrected chi connectivity index (χ1v) is 7.56. The van der Waals surface area contributed by atoms with Crippen LogP contribution < -0.4 is 10.1 Å². The molecule has 0 aliphatic rings. The van der Waals surface area contributed by atoms with Gasteiger partial charge in [-0.25, -0.2) is 9.97 Å². The zero-order valence-electron chi connectivity index (χ0n) is 13.0. The van der Waals surface area contributed by atoms with E-state index in [0.717, 1.165) is 42.8 Å². The molecule has 4 nitrogen and oxygen atoms in total. The van der Waals surface area contributed by atoms with Crippen molar-refractivity contribution in [2.45, 2.75) is 39.5 Å². The van der Waals surface area contributed by atoms with Crippen LogP contribution in [-0.2, 0) is 12.8 Å². The summed E-state index contributed by atoms with van der Waals surface area (Å²) in [6.07, 6.45) is 5.69. The second kappa shape index (κ2) is 7.62. The summed E-state index contributed by atoms with van der Waals surface area (Å²) >= 11 is 0. The minimum absolute atomic E-state index is 0.638. The van der Waals surface area contributed by atoms with Crippen LogP contribution in [-0.4, -0.2) is 17.0 Å². The molecular formula is C17H23N3O. The predicted octanol–water partition coefficient (Wildman–Crippen LogP) is 4.22. The molecule has 0 saturated heterocycles. The summed E-state index contributed by atoms with van der Waals surface area (Å²) < 4.78 is 5.95. The number of aromatic nitrogens is 2. The van der Waals surface area contributed by atoms with E-state index < -0.39 is 0 Å². The number of ether oxygens (including phenoxy) is 1. The largest absolute Gasteiger partial charge is 0.439 e. The van der Waals surface area contributed by atoms with E-state index in [9.17, 15) is 0 Å². The molecule has 0 saturated carbocycles. The molecule has 0 unspecified atom stereocenters. The molecule has 0 radical (unpaired) electrons. The standard InChI is InChI=1S/C17H23N3O/c1-4-6-13-8-10-14(11-9-13)21-17-15(7-5-2)16(18-3)19-12-20-17/h8-12H,4-7H2,1-3H3,(H,18,19,20). The molecule has 0 bridgehead atoms. The first kappa shape index (κ1) is 15.3. The summed E-state index contributed by atoms with van der Waals surface area (Å²) in [6.45, 7) is 4.32. The number of anilines is 1. The third-order valence-corrected chi connectivity index (χ3v) is 3.32. The van der Waals surface area contributed by atoms with Gasteiger partial charge in [0.05, 0.1) is 5.56 Å². The normalized spacial score (nSPS) is 10.4. The van der Waals surface area contributed by atoms with E-state index >= 15 is 0 Å². The van der Waals surface area contributed by atoms with Crippen molar-refractivity contribution in [2.75, 3.05) is 12.4 Å². The van der Waals surface area contributed by atoms with Gasteiger partial charge in [0.15, 0.2) is 0 Å². The molecule has 0 spiro atoms. The average molecular weight is 285 g/mol. The number of benzene rings is 1. The first-order valence-electron chi connectivity index (χ1n) is 7.56. The molecule has 2 rings (SSSR count). The molecule has 2 aromatic rings. The molecule has 1 aromatic carbocycles. The number of aryl methyl sites for hydroxylation is 1. The van der Waals surface area contributed by atoms with Crippen molar-refractivity contribution in [1.29, 1.82) is 0 Å².